The molecule has 96 valence electrons. The molecule has 0 aliphatic rings. The lowest BCUT2D eigenvalue weighted by atomic mass is 10.2. The minimum Gasteiger partial charge on any atom is -0.258 e. The van der Waals surface area contributed by atoms with Crippen molar-refractivity contribution in [3.05, 3.63) is 51.1 Å². The van der Waals surface area contributed by atoms with Crippen LogP contribution in [0, 0.1) is 41.1 Å². The van der Waals surface area contributed by atoms with E-state index in [0.717, 1.165) is 6.07 Å². The molecule has 2 rings (SSSR count). The van der Waals surface area contributed by atoms with Gasteiger partial charge in [0.2, 0.25) is 0 Å². The van der Waals surface area contributed by atoms with E-state index >= 15 is 0 Å². The van der Waals surface area contributed by atoms with Crippen LogP contribution in [-0.2, 0) is 0 Å². The van der Waals surface area contributed by atoms with Gasteiger partial charge in [-0.1, -0.05) is 0 Å². The number of nitro groups is 1. The van der Waals surface area contributed by atoms with Gasteiger partial charge in [0, 0.05) is 0 Å². The van der Waals surface area contributed by atoms with Gasteiger partial charge in [0.1, 0.15) is 22.9 Å². The maximum atomic E-state index is 13.9. The lowest BCUT2D eigenvalue weighted by molar-refractivity contribution is -0.386. The molecule has 0 atom stereocenters. The summed E-state index contributed by atoms with van der Waals surface area (Å²) in [4.78, 5) is 10.3. The van der Waals surface area contributed by atoms with Gasteiger partial charge < -0.3 is 0 Å². The molecule has 0 radical (unpaired) electrons. The molecule has 19 heavy (non-hydrogen) atoms. The van der Waals surface area contributed by atoms with E-state index in [4.69, 9.17) is 5.26 Å². The van der Waals surface area contributed by atoms with E-state index in [9.17, 15) is 14.5 Å². The van der Waals surface area contributed by atoms with Crippen molar-refractivity contribution in [2.75, 3.05) is 0 Å². The third-order valence-corrected chi connectivity index (χ3v) is 2.74. The van der Waals surface area contributed by atoms with Gasteiger partial charge in [0.15, 0.2) is 0 Å². The molecular weight excluding hydrogens is 251 g/mol. The lowest BCUT2D eigenvalue weighted by Crippen LogP contribution is -2.03. The van der Waals surface area contributed by atoms with Crippen molar-refractivity contribution < 1.29 is 9.31 Å². The van der Waals surface area contributed by atoms with Gasteiger partial charge in [-0.2, -0.15) is 10.4 Å². The number of halogens is 1. The van der Waals surface area contributed by atoms with Crippen LogP contribution in [0.15, 0.2) is 18.2 Å². The van der Waals surface area contributed by atoms with Crippen molar-refractivity contribution >= 4 is 5.69 Å². The summed E-state index contributed by atoms with van der Waals surface area (Å²) in [5, 5.41) is 23.5. The van der Waals surface area contributed by atoms with E-state index in [2.05, 4.69) is 5.10 Å². The summed E-state index contributed by atoms with van der Waals surface area (Å²) < 4.78 is 15.0. The van der Waals surface area contributed by atoms with Crippen LogP contribution in [0.1, 0.15) is 17.0 Å². The number of benzene rings is 1. The van der Waals surface area contributed by atoms with Gasteiger partial charge in [-0.15, -0.1) is 0 Å². The summed E-state index contributed by atoms with van der Waals surface area (Å²) in [7, 11) is 0. The first-order valence-corrected chi connectivity index (χ1v) is 5.36. The van der Waals surface area contributed by atoms with Crippen molar-refractivity contribution in [1.29, 1.82) is 5.26 Å². The van der Waals surface area contributed by atoms with Gasteiger partial charge >= 0.3 is 5.69 Å². The molecule has 6 nitrogen and oxygen atoms in total. The maximum Gasteiger partial charge on any atom is 0.313 e. The van der Waals surface area contributed by atoms with Crippen LogP contribution in [0.3, 0.4) is 0 Å². The van der Waals surface area contributed by atoms with Gasteiger partial charge in [-0.05, 0) is 32.0 Å². The maximum absolute atomic E-state index is 13.9. The summed E-state index contributed by atoms with van der Waals surface area (Å²) >= 11 is 0. The van der Waals surface area contributed by atoms with Gasteiger partial charge in [0.25, 0.3) is 0 Å². The molecule has 1 aromatic carbocycles. The van der Waals surface area contributed by atoms with Crippen LogP contribution in [0.25, 0.3) is 5.69 Å². The normalized spacial score (nSPS) is 10.2. The summed E-state index contributed by atoms with van der Waals surface area (Å²) in [5.74, 6) is -0.653. The number of rotatable bonds is 2. The molecule has 0 amide bonds. The Morgan fingerprint density at radius 2 is 2.16 bits per heavy atom. The van der Waals surface area contributed by atoms with Crippen LogP contribution in [0.4, 0.5) is 10.1 Å². The highest BCUT2D eigenvalue weighted by molar-refractivity contribution is 5.47. The fraction of sp³-hybridized carbons (Fsp3) is 0.167. The molecular formula is C12H9FN4O2. The standard InChI is InChI=1S/C12H9FN4O2/c1-7-12(17(18)19)8(2)16(15-7)11-4-3-9(6-14)5-10(11)13/h3-5H,1-2H3. The number of hydrogen-bond donors (Lipinski definition) is 0. The zero-order valence-electron chi connectivity index (χ0n) is 10.2. The van der Waals surface area contributed by atoms with E-state index in [1.807, 2.05) is 6.07 Å². The van der Waals surface area contributed by atoms with E-state index in [-0.39, 0.29) is 28.3 Å². The lowest BCUT2D eigenvalue weighted by Gasteiger charge is -2.05. The highest BCUT2D eigenvalue weighted by Crippen LogP contribution is 2.26. The quantitative estimate of drug-likeness (QED) is 0.613. The summed E-state index contributed by atoms with van der Waals surface area (Å²) in [6.07, 6.45) is 0. The van der Waals surface area contributed by atoms with E-state index in [0.29, 0.717) is 0 Å². The number of hydrogen-bond acceptors (Lipinski definition) is 4. The van der Waals surface area contributed by atoms with Gasteiger partial charge in [-0.3, -0.25) is 10.1 Å². The van der Waals surface area contributed by atoms with Gasteiger partial charge in [-0.25, -0.2) is 9.07 Å². The molecule has 0 aliphatic carbocycles. The Kier molecular flexibility index (Phi) is 3.00. The highest BCUT2D eigenvalue weighted by atomic mass is 19.1. The third-order valence-electron chi connectivity index (χ3n) is 2.74. The van der Waals surface area contributed by atoms with Gasteiger partial charge in [0.05, 0.1) is 16.6 Å². The zero-order valence-corrected chi connectivity index (χ0v) is 10.2. The zero-order chi connectivity index (χ0) is 14.2. The van der Waals surface area contributed by atoms with Crippen molar-refractivity contribution in [2.45, 2.75) is 13.8 Å². The van der Waals surface area contributed by atoms with Crippen LogP contribution in [0.2, 0.25) is 0 Å². The van der Waals surface area contributed by atoms with Crippen LogP contribution < -0.4 is 0 Å². The molecule has 0 saturated heterocycles. The molecule has 0 unspecified atom stereocenters. The smallest absolute Gasteiger partial charge is 0.258 e. The second-order valence-electron chi connectivity index (χ2n) is 3.97. The monoisotopic (exact) mass is 260 g/mol. The molecule has 1 heterocycles. The van der Waals surface area contributed by atoms with E-state index in [1.165, 1.54) is 30.7 Å². The predicted molar refractivity (Wildman–Crippen MR) is 64.4 cm³/mol. The summed E-state index contributed by atoms with van der Waals surface area (Å²) in [6.45, 7) is 2.99. The number of aryl methyl sites for hydroxylation is 1. The Hall–Kier alpha value is -2.75. The summed E-state index contributed by atoms with van der Waals surface area (Å²) in [6, 6.07) is 5.69. The first-order chi connectivity index (χ1) is 8.95. The van der Waals surface area contributed by atoms with Crippen molar-refractivity contribution in [1.82, 2.24) is 9.78 Å². The Labute approximate surface area is 107 Å². The Balaban J connectivity index is 2.64. The molecule has 0 aliphatic heterocycles. The van der Waals surface area contributed by atoms with E-state index in [1.54, 1.807) is 0 Å². The molecule has 0 N–H and O–H groups in total. The molecule has 7 heteroatoms. The Bertz CT molecular complexity index is 715. The predicted octanol–water partition coefficient (Wildman–Crippen LogP) is 2.41. The van der Waals surface area contributed by atoms with Crippen LogP contribution >= 0.6 is 0 Å². The van der Waals surface area contributed by atoms with Crippen LogP contribution in [-0.4, -0.2) is 14.7 Å². The number of nitriles is 1. The fourth-order valence-corrected chi connectivity index (χ4v) is 1.88. The Morgan fingerprint density at radius 3 is 2.63 bits per heavy atom. The van der Waals surface area contributed by atoms with Crippen molar-refractivity contribution in [3.63, 3.8) is 0 Å². The largest absolute Gasteiger partial charge is 0.313 e. The second-order valence-corrected chi connectivity index (χ2v) is 3.97. The van der Waals surface area contributed by atoms with Crippen molar-refractivity contribution in [2.24, 2.45) is 0 Å². The first-order valence-electron chi connectivity index (χ1n) is 5.36. The average Bonchev–Trinajstić information content (AvgIpc) is 2.64. The fourth-order valence-electron chi connectivity index (χ4n) is 1.88. The highest BCUT2D eigenvalue weighted by Gasteiger charge is 2.23. The molecule has 0 bridgehead atoms. The topological polar surface area (TPSA) is 84.8 Å². The summed E-state index contributed by atoms with van der Waals surface area (Å²) in [5.41, 5.74) is 0.575. The molecule has 2 aromatic rings. The van der Waals surface area contributed by atoms with Crippen LogP contribution in [0.5, 0.6) is 0 Å². The van der Waals surface area contributed by atoms with E-state index < -0.39 is 10.7 Å². The first kappa shape index (κ1) is 12.7. The Morgan fingerprint density at radius 1 is 1.47 bits per heavy atom. The third kappa shape index (κ3) is 2.04. The average molecular weight is 260 g/mol. The number of nitrogens with zero attached hydrogens (tertiary/aromatic N) is 4. The molecule has 0 spiro atoms. The number of aromatic nitrogens is 2. The molecule has 0 saturated carbocycles. The molecule has 0 fully saturated rings. The second kappa shape index (κ2) is 4.49. The molecule has 1 aromatic heterocycles. The minimum atomic E-state index is -0.653. The van der Waals surface area contributed by atoms with Crippen molar-refractivity contribution in [3.8, 4) is 11.8 Å². The SMILES string of the molecule is Cc1nn(-c2ccc(C#N)cc2F)c(C)c1[N+](=O)[O-]. The minimum absolute atomic E-state index is 0.0766.